The Hall–Kier alpha value is -3.65. The zero-order chi connectivity index (χ0) is 24.1. The summed E-state index contributed by atoms with van der Waals surface area (Å²) in [4.78, 5) is 35.3. The Morgan fingerprint density at radius 3 is 2.25 bits per heavy atom. The Balaban J connectivity index is 0.000000239. The molecule has 0 aliphatic rings. The van der Waals surface area contributed by atoms with E-state index in [-0.39, 0.29) is 11.1 Å². The quantitative estimate of drug-likeness (QED) is 0.322. The van der Waals surface area contributed by atoms with E-state index in [0.717, 1.165) is 22.0 Å². The number of thiazole rings is 1. The maximum atomic E-state index is 11.3. The number of nitrogens with zero attached hydrogens (tertiary/aromatic N) is 5. The molecule has 4 heterocycles. The molecule has 0 aliphatic carbocycles. The van der Waals surface area contributed by atoms with Gasteiger partial charge in [0.15, 0.2) is 4.96 Å². The van der Waals surface area contributed by atoms with Crippen molar-refractivity contribution in [3.05, 3.63) is 105 Å². The van der Waals surface area contributed by atoms with Gasteiger partial charge in [-0.3, -0.25) is 23.4 Å². The molecule has 0 radical (unpaired) electrons. The summed E-state index contributed by atoms with van der Waals surface area (Å²) in [6.45, 7) is 16.3. The molecule has 0 amide bonds. The molecule has 0 unspecified atom stereocenters. The number of allylic oxidation sites excluding steroid dienone is 3. The molecule has 4 rings (SSSR count). The van der Waals surface area contributed by atoms with Gasteiger partial charge in [-0.05, 0) is 45.7 Å². The number of fused-ring (bicyclic) bond motifs is 2. The van der Waals surface area contributed by atoms with Crippen LogP contribution in [0.2, 0.25) is 0 Å². The van der Waals surface area contributed by atoms with Crippen LogP contribution >= 0.6 is 11.3 Å². The Kier molecular flexibility index (Phi) is 11.2. The van der Waals surface area contributed by atoms with Gasteiger partial charge in [-0.1, -0.05) is 32.6 Å². The molecule has 0 aliphatic heterocycles. The zero-order valence-electron chi connectivity index (χ0n) is 19.1. The standard InChI is InChI=1S/C9H8N2O.C7H6N2OS.C6H9N.C2H6/c1-7-6-9(12)11-5-3-2-4-8(11)10-7;1-5-4-6(10)9-2-3-11-7(9)8-5;1-4-5-6(2)7-3;1-2/h2-6H,1H3;2-4H,1H3;4-5H,1,3H2,2H3;1-2H3/b;;6-5+;. The molecular weight excluding hydrogens is 422 g/mol. The molecule has 0 saturated carbocycles. The summed E-state index contributed by atoms with van der Waals surface area (Å²) >= 11 is 1.47. The number of rotatable bonds is 2. The normalized spacial score (nSPS) is 10.1. The van der Waals surface area contributed by atoms with E-state index in [1.807, 2.05) is 58.2 Å². The van der Waals surface area contributed by atoms with Crippen LogP contribution in [0.15, 0.2) is 87.1 Å². The molecule has 4 aromatic rings. The summed E-state index contributed by atoms with van der Waals surface area (Å²) in [7, 11) is 0. The predicted octanol–water partition coefficient (Wildman–Crippen LogP) is 4.87. The van der Waals surface area contributed by atoms with Gasteiger partial charge < -0.3 is 0 Å². The van der Waals surface area contributed by atoms with Gasteiger partial charge in [0.1, 0.15) is 5.65 Å². The van der Waals surface area contributed by atoms with Crippen molar-refractivity contribution in [2.75, 3.05) is 0 Å². The fourth-order valence-corrected chi connectivity index (χ4v) is 3.11. The highest BCUT2D eigenvalue weighted by atomic mass is 32.1. The predicted molar refractivity (Wildman–Crippen MR) is 135 cm³/mol. The molecule has 4 aromatic heterocycles. The minimum atomic E-state index is -0.0295. The maximum Gasteiger partial charge on any atom is 0.258 e. The second-order valence-corrected chi connectivity index (χ2v) is 7.03. The smallest absolute Gasteiger partial charge is 0.258 e. The van der Waals surface area contributed by atoms with Crippen LogP contribution in [0.3, 0.4) is 0 Å². The first-order valence-electron chi connectivity index (χ1n) is 10.0. The van der Waals surface area contributed by atoms with Gasteiger partial charge in [-0.2, -0.15) is 0 Å². The molecule has 0 spiro atoms. The molecule has 168 valence electrons. The van der Waals surface area contributed by atoms with E-state index < -0.39 is 0 Å². The third-order valence-electron chi connectivity index (χ3n) is 3.74. The summed E-state index contributed by atoms with van der Waals surface area (Å²) in [5.41, 5.74) is 3.09. The van der Waals surface area contributed by atoms with Crippen LogP contribution in [0.5, 0.6) is 0 Å². The van der Waals surface area contributed by atoms with Gasteiger partial charge in [0.05, 0.1) is 0 Å². The van der Waals surface area contributed by atoms with Crippen molar-refractivity contribution < 1.29 is 0 Å². The Morgan fingerprint density at radius 2 is 1.66 bits per heavy atom. The molecule has 7 nitrogen and oxygen atoms in total. The van der Waals surface area contributed by atoms with Crippen LogP contribution in [0.1, 0.15) is 32.2 Å². The fraction of sp³-hybridized carbons (Fsp3) is 0.208. The second kappa shape index (κ2) is 13.6. The van der Waals surface area contributed by atoms with E-state index >= 15 is 0 Å². The van der Waals surface area contributed by atoms with E-state index in [9.17, 15) is 9.59 Å². The average Bonchev–Trinajstić information content (AvgIpc) is 3.25. The molecule has 0 aromatic carbocycles. The van der Waals surface area contributed by atoms with Crippen molar-refractivity contribution in [1.82, 2.24) is 18.8 Å². The highest BCUT2D eigenvalue weighted by molar-refractivity contribution is 7.15. The van der Waals surface area contributed by atoms with Gasteiger partial charge in [0, 0.05) is 47.0 Å². The molecule has 0 fully saturated rings. The van der Waals surface area contributed by atoms with Crippen molar-refractivity contribution in [3.63, 3.8) is 0 Å². The highest BCUT2D eigenvalue weighted by Crippen LogP contribution is 2.05. The number of aliphatic imine (C=N–C) groups is 1. The van der Waals surface area contributed by atoms with E-state index in [4.69, 9.17) is 0 Å². The molecule has 0 N–H and O–H groups in total. The largest absolute Gasteiger partial charge is 0.269 e. The number of aromatic nitrogens is 4. The van der Waals surface area contributed by atoms with E-state index in [1.165, 1.54) is 32.3 Å². The van der Waals surface area contributed by atoms with Crippen LogP contribution < -0.4 is 11.1 Å². The summed E-state index contributed by atoms with van der Waals surface area (Å²) < 4.78 is 3.06. The van der Waals surface area contributed by atoms with Gasteiger partial charge >= 0.3 is 0 Å². The topological polar surface area (TPSA) is 81.1 Å². The van der Waals surface area contributed by atoms with Crippen LogP contribution in [0.25, 0.3) is 10.6 Å². The molecule has 0 saturated heterocycles. The van der Waals surface area contributed by atoms with Gasteiger partial charge in [0.25, 0.3) is 11.1 Å². The second-order valence-electron chi connectivity index (χ2n) is 6.16. The Labute approximate surface area is 191 Å². The lowest BCUT2D eigenvalue weighted by Crippen LogP contribution is -2.13. The number of pyridine rings is 1. The molecule has 32 heavy (non-hydrogen) atoms. The van der Waals surface area contributed by atoms with Gasteiger partial charge in [0.2, 0.25) is 0 Å². The van der Waals surface area contributed by atoms with Crippen LogP contribution in [0.4, 0.5) is 0 Å². The van der Waals surface area contributed by atoms with Crippen LogP contribution in [0, 0.1) is 13.8 Å². The van der Waals surface area contributed by atoms with Crippen molar-refractivity contribution in [1.29, 1.82) is 0 Å². The molecule has 0 atom stereocenters. The van der Waals surface area contributed by atoms with Crippen molar-refractivity contribution in [3.8, 4) is 0 Å². The first kappa shape index (κ1) is 26.4. The Bertz CT molecular complexity index is 1320. The first-order chi connectivity index (χ1) is 15.3. The fourth-order valence-electron chi connectivity index (χ4n) is 2.35. The zero-order valence-corrected chi connectivity index (χ0v) is 20.0. The van der Waals surface area contributed by atoms with Crippen molar-refractivity contribution in [2.24, 2.45) is 4.99 Å². The molecule has 8 heteroatoms. The van der Waals surface area contributed by atoms with E-state index in [0.29, 0.717) is 5.65 Å². The summed E-state index contributed by atoms with van der Waals surface area (Å²) in [5.74, 6) is 0. The minimum Gasteiger partial charge on any atom is -0.269 e. The SMILES string of the molecule is C=C/C=C(\C)N=C.CC.Cc1cc(=O)n2ccccc2n1.Cc1cc(=O)n2ccsc2n1. The monoisotopic (exact) mass is 451 g/mol. The lowest BCUT2D eigenvalue weighted by molar-refractivity contribution is 1.02. The third kappa shape index (κ3) is 7.88. The lowest BCUT2D eigenvalue weighted by Gasteiger charge is -1.98. The first-order valence-corrected chi connectivity index (χ1v) is 10.9. The van der Waals surface area contributed by atoms with E-state index in [1.54, 1.807) is 24.5 Å². The Morgan fingerprint density at radius 1 is 1.03 bits per heavy atom. The van der Waals surface area contributed by atoms with Crippen molar-refractivity contribution in [2.45, 2.75) is 34.6 Å². The van der Waals surface area contributed by atoms with Gasteiger partial charge in [-0.25, -0.2) is 9.97 Å². The summed E-state index contributed by atoms with van der Waals surface area (Å²) in [5, 5.41) is 1.85. The van der Waals surface area contributed by atoms with E-state index in [2.05, 4.69) is 28.3 Å². The average molecular weight is 452 g/mol. The number of hydrogen-bond acceptors (Lipinski definition) is 6. The van der Waals surface area contributed by atoms with Crippen molar-refractivity contribution >= 4 is 28.7 Å². The summed E-state index contributed by atoms with van der Waals surface area (Å²) in [6, 6.07) is 8.54. The third-order valence-corrected chi connectivity index (χ3v) is 4.50. The van der Waals surface area contributed by atoms with Gasteiger partial charge in [-0.15, -0.1) is 11.3 Å². The minimum absolute atomic E-state index is 0.00579. The highest BCUT2D eigenvalue weighted by Gasteiger charge is 1.98. The van der Waals surface area contributed by atoms with Crippen LogP contribution in [-0.2, 0) is 0 Å². The maximum absolute atomic E-state index is 11.3. The van der Waals surface area contributed by atoms with Crippen LogP contribution in [-0.4, -0.2) is 25.5 Å². The molecule has 0 bridgehead atoms. The number of hydrogen-bond donors (Lipinski definition) is 0. The number of aryl methyl sites for hydroxylation is 2. The summed E-state index contributed by atoms with van der Waals surface area (Å²) in [6.07, 6.45) is 6.93. The molecular formula is C24H29N5O2S. The lowest BCUT2D eigenvalue weighted by atomic mass is 10.4.